The molecule has 0 radical (unpaired) electrons. The van der Waals surface area contributed by atoms with Crippen molar-refractivity contribution in [3.05, 3.63) is 40.4 Å². The van der Waals surface area contributed by atoms with Crippen LogP contribution in [0.2, 0.25) is 5.02 Å². The minimum absolute atomic E-state index is 0.000641. The van der Waals surface area contributed by atoms with Gasteiger partial charge in [0.05, 0.1) is 17.9 Å². The molecule has 1 aromatic carbocycles. The van der Waals surface area contributed by atoms with Gasteiger partial charge in [-0.05, 0) is 39.0 Å². The van der Waals surface area contributed by atoms with E-state index in [-0.39, 0.29) is 20.6 Å². The predicted molar refractivity (Wildman–Crippen MR) is 97.4 cm³/mol. The van der Waals surface area contributed by atoms with E-state index in [0.717, 1.165) is 25.1 Å². The first-order valence-corrected chi connectivity index (χ1v) is 9.63. The topological polar surface area (TPSA) is 59.0 Å². The van der Waals surface area contributed by atoms with Gasteiger partial charge in [0.15, 0.2) is 0 Å². The summed E-state index contributed by atoms with van der Waals surface area (Å²) in [6, 6.07) is 3.22. The first-order chi connectivity index (χ1) is 13.1. The summed E-state index contributed by atoms with van der Waals surface area (Å²) in [5, 5.41) is 3.22. The number of anilines is 1. The second-order valence-corrected chi connectivity index (χ2v) is 8.28. The van der Waals surface area contributed by atoms with Crippen molar-refractivity contribution in [2.24, 2.45) is 5.16 Å². The van der Waals surface area contributed by atoms with Crippen LogP contribution in [0.15, 0.2) is 35.0 Å². The quantitative estimate of drug-likeness (QED) is 0.238. The normalized spacial score (nSPS) is 13.2. The fourth-order valence-corrected chi connectivity index (χ4v) is 3.09. The molecule has 0 fully saturated rings. The number of benzene rings is 1. The molecule has 0 aliphatic heterocycles. The van der Waals surface area contributed by atoms with Crippen molar-refractivity contribution in [2.75, 3.05) is 17.5 Å². The Balaban J connectivity index is 3.55. The molecular formula is C16H17ClF6N2O3S. The molecule has 0 N–H and O–H groups in total. The van der Waals surface area contributed by atoms with Crippen LogP contribution in [-0.2, 0) is 14.9 Å². The third-order valence-corrected chi connectivity index (χ3v) is 5.04. The first-order valence-electron chi connectivity index (χ1n) is 7.82. The summed E-state index contributed by atoms with van der Waals surface area (Å²) in [5.74, 6) is 0. The van der Waals surface area contributed by atoms with Crippen LogP contribution in [-0.4, -0.2) is 39.0 Å². The van der Waals surface area contributed by atoms with Crippen LogP contribution in [0.1, 0.15) is 26.3 Å². The van der Waals surface area contributed by atoms with Crippen molar-refractivity contribution in [3.8, 4) is 0 Å². The summed E-state index contributed by atoms with van der Waals surface area (Å²) in [6.45, 7) is 1.85. The minimum Gasteiger partial charge on any atom is -0.386 e. The molecule has 0 atom stereocenters. The number of rotatable bonds is 7. The van der Waals surface area contributed by atoms with Crippen molar-refractivity contribution in [3.63, 3.8) is 0 Å². The van der Waals surface area contributed by atoms with Gasteiger partial charge in [0.1, 0.15) is 0 Å². The number of hydrogen-bond acceptors (Lipinski definition) is 4. The molecule has 1 rings (SSSR count). The second-order valence-electron chi connectivity index (χ2n) is 5.99. The van der Waals surface area contributed by atoms with E-state index in [1.165, 1.54) is 6.08 Å². The highest BCUT2D eigenvalue weighted by molar-refractivity contribution is 7.93. The van der Waals surface area contributed by atoms with Gasteiger partial charge >= 0.3 is 21.7 Å². The molecule has 0 amide bonds. The zero-order valence-corrected chi connectivity index (χ0v) is 17.0. The molecule has 29 heavy (non-hydrogen) atoms. The van der Waals surface area contributed by atoms with Gasteiger partial charge in [-0.1, -0.05) is 28.4 Å². The maximum Gasteiger partial charge on any atom is 0.516 e. The molecule has 0 aliphatic rings. The van der Waals surface area contributed by atoms with Gasteiger partial charge in [0.25, 0.3) is 0 Å². The van der Waals surface area contributed by atoms with Crippen LogP contribution in [0.25, 0.3) is 0 Å². The van der Waals surface area contributed by atoms with Crippen molar-refractivity contribution >= 4 is 33.0 Å². The lowest BCUT2D eigenvalue weighted by Crippen LogP contribution is -2.41. The maximum atomic E-state index is 13.2. The van der Waals surface area contributed by atoms with Crippen LogP contribution in [0.3, 0.4) is 0 Å². The third kappa shape index (κ3) is 7.11. The molecule has 0 spiro atoms. The highest BCUT2D eigenvalue weighted by Crippen LogP contribution is 2.34. The van der Waals surface area contributed by atoms with Crippen molar-refractivity contribution in [2.45, 2.75) is 32.5 Å². The average molecular weight is 467 g/mol. The molecule has 0 aliphatic carbocycles. The van der Waals surface area contributed by atoms with Crippen LogP contribution in [0.5, 0.6) is 0 Å². The van der Waals surface area contributed by atoms with Crippen molar-refractivity contribution in [1.29, 1.82) is 0 Å². The average Bonchev–Trinajstić information content (AvgIpc) is 2.53. The van der Waals surface area contributed by atoms with Gasteiger partial charge in [-0.3, -0.25) is 4.31 Å². The summed E-state index contributed by atoms with van der Waals surface area (Å²) in [4.78, 5) is 4.16. The lowest BCUT2D eigenvalue weighted by Gasteiger charge is -2.26. The molecule has 164 valence electrons. The summed E-state index contributed by atoms with van der Waals surface area (Å²) >= 11 is 5.83. The van der Waals surface area contributed by atoms with Crippen molar-refractivity contribution in [1.82, 2.24) is 0 Å². The van der Waals surface area contributed by atoms with Gasteiger partial charge in [-0.15, -0.1) is 0 Å². The van der Waals surface area contributed by atoms with E-state index >= 15 is 0 Å². The Morgan fingerprint density at radius 3 is 2.24 bits per heavy atom. The monoisotopic (exact) mass is 466 g/mol. The fourth-order valence-electron chi connectivity index (χ4n) is 1.98. The molecule has 13 heteroatoms. The number of hydrogen-bond donors (Lipinski definition) is 0. The summed E-state index contributed by atoms with van der Waals surface area (Å²) in [5.41, 5.74) is -6.08. The number of allylic oxidation sites excluding steroid dienone is 1. The van der Waals surface area contributed by atoms with Crippen LogP contribution < -0.4 is 4.31 Å². The molecule has 0 unspecified atom stereocenters. The second kappa shape index (κ2) is 9.24. The Morgan fingerprint density at radius 1 is 1.17 bits per heavy atom. The van der Waals surface area contributed by atoms with E-state index in [2.05, 4.69) is 9.99 Å². The van der Waals surface area contributed by atoms with E-state index in [1.54, 1.807) is 13.8 Å². The van der Waals surface area contributed by atoms with E-state index in [4.69, 9.17) is 11.6 Å². The summed E-state index contributed by atoms with van der Waals surface area (Å²) < 4.78 is 100. The first kappa shape index (κ1) is 25.1. The number of oxime groups is 1. The van der Waals surface area contributed by atoms with Crippen molar-refractivity contribution < 1.29 is 39.6 Å². The van der Waals surface area contributed by atoms with Gasteiger partial charge in [-0.25, -0.2) is 0 Å². The fraction of sp³-hybridized carbons (Fsp3) is 0.438. The van der Waals surface area contributed by atoms with Gasteiger partial charge < -0.3 is 4.84 Å². The SMILES string of the molecule is CC(C)=CCN(c1ccc(Cl)cc1C(C)=NOCC(F)(F)F)S(=O)(=O)C(F)(F)F. The van der Waals surface area contributed by atoms with Crippen LogP contribution in [0, 0.1) is 0 Å². The highest BCUT2D eigenvalue weighted by atomic mass is 35.5. The standard InChI is InChI=1S/C16H17ClF6N2O3S/c1-10(2)6-7-25(29(26,27)16(21,22)23)14-5-4-12(17)8-13(14)11(3)24-28-9-15(18,19)20/h4-6,8H,7,9H2,1-3H3. The zero-order valence-electron chi connectivity index (χ0n) is 15.4. The Hall–Kier alpha value is -1.95. The Morgan fingerprint density at radius 2 is 1.76 bits per heavy atom. The van der Waals surface area contributed by atoms with Gasteiger partial charge in [0.2, 0.25) is 6.61 Å². The number of alkyl halides is 6. The van der Waals surface area contributed by atoms with E-state index < -0.39 is 40.5 Å². The van der Waals surface area contributed by atoms with Gasteiger partial charge in [0, 0.05) is 10.6 Å². The number of sulfonamides is 1. The number of nitrogens with zero attached hydrogens (tertiary/aromatic N) is 2. The molecule has 0 saturated carbocycles. The summed E-state index contributed by atoms with van der Waals surface area (Å²) in [7, 11) is -5.83. The third-order valence-electron chi connectivity index (χ3n) is 3.29. The molecule has 0 saturated heterocycles. The summed E-state index contributed by atoms with van der Waals surface area (Å²) in [6.07, 6.45) is -3.44. The smallest absolute Gasteiger partial charge is 0.386 e. The lowest BCUT2D eigenvalue weighted by atomic mass is 10.1. The lowest BCUT2D eigenvalue weighted by molar-refractivity contribution is -0.173. The van der Waals surface area contributed by atoms with Gasteiger partial charge in [-0.2, -0.15) is 34.8 Å². The zero-order chi connectivity index (χ0) is 22.6. The van der Waals surface area contributed by atoms with E-state index in [9.17, 15) is 34.8 Å². The largest absolute Gasteiger partial charge is 0.516 e. The Labute approximate surface area is 168 Å². The molecule has 0 aromatic heterocycles. The van der Waals surface area contributed by atoms with Crippen LogP contribution >= 0.6 is 11.6 Å². The molecule has 0 heterocycles. The maximum absolute atomic E-state index is 13.2. The molecule has 0 bridgehead atoms. The van der Waals surface area contributed by atoms with Crippen LogP contribution in [0.4, 0.5) is 32.0 Å². The van der Waals surface area contributed by atoms with E-state index in [1.807, 2.05) is 0 Å². The Kier molecular flexibility index (Phi) is 8.00. The highest BCUT2D eigenvalue weighted by Gasteiger charge is 2.50. The Bertz CT molecular complexity index is 891. The molecular weight excluding hydrogens is 450 g/mol. The molecule has 5 nitrogen and oxygen atoms in total. The van der Waals surface area contributed by atoms with E-state index in [0.29, 0.717) is 5.57 Å². The molecule has 1 aromatic rings. The minimum atomic E-state index is -5.83. The number of halogens is 7. The predicted octanol–water partition coefficient (Wildman–Crippen LogP) is 5.27.